The monoisotopic (exact) mass is 483 g/mol. The van der Waals surface area contributed by atoms with E-state index in [4.69, 9.17) is 5.10 Å². The lowest BCUT2D eigenvalue weighted by Gasteiger charge is -2.24. The third-order valence-electron chi connectivity index (χ3n) is 4.54. The molecule has 0 radical (unpaired) electrons. The molecule has 3 rings (SSSR count). The minimum Gasteiger partial charge on any atom is -0.357 e. The van der Waals surface area contributed by atoms with Crippen LogP contribution in [0.2, 0.25) is 0 Å². The molecule has 7 nitrogen and oxygen atoms in total. The minimum atomic E-state index is 0. The van der Waals surface area contributed by atoms with Gasteiger partial charge in [0.05, 0.1) is 17.9 Å². The van der Waals surface area contributed by atoms with Crippen LogP contribution in [0.25, 0.3) is 0 Å². The molecule has 0 amide bonds. The number of rotatable bonds is 5. The Kier molecular flexibility index (Phi) is 8.00. The molecule has 1 atom stereocenters. The first-order valence-corrected chi connectivity index (χ1v) is 9.45. The van der Waals surface area contributed by atoms with Crippen LogP contribution in [0.15, 0.2) is 23.5 Å². The SMILES string of the molecule is CCNC(=NCc1ccnc(C)n1)NC1CCc2cn(C(C)C)nc2C1.I. The standard InChI is InChI=1S/C19H29N7.HI/c1-5-20-19(22-11-17-8-9-21-14(4)23-17)24-16-7-6-15-12-26(13(2)3)25-18(15)10-16;/h8-9,12-13,16H,5-7,10-11H2,1-4H3,(H2,20,22,24);1H. The van der Waals surface area contributed by atoms with E-state index in [1.807, 2.05) is 13.0 Å². The second-order valence-electron chi connectivity index (χ2n) is 7.05. The van der Waals surface area contributed by atoms with Gasteiger partial charge in [0.15, 0.2) is 5.96 Å². The first-order valence-electron chi connectivity index (χ1n) is 9.45. The Balaban J connectivity index is 0.00000261. The summed E-state index contributed by atoms with van der Waals surface area (Å²) in [6.07, 6.45) is 7.07. The molecular formula is C19H30IN7. The fourth-order valence-electron chi connectivity index (χ4n) is 3.17. The van der Waals surface area contributed by atoms with Crippen LogP contribution in [0.1, 0.15) is 56.0 Å². The molecule has 148 valence electrons. The second-order valence-corrected chi connectivity index (χ2v) is 7.05. The van der Waals surface area contributed by atoms with E-state index < -0.39 is 0 Å². The molecule has 0 saturated heterocycles. The molecule has 2 aromatic rings. The molecule has 1 aliphatic carbocycles. The zero-order valence-electron chi connectivity index (χ0n) is 16.6. The third kappa shape index (κ3) is 5.88. The molecule has 0 aromatic carbocycles. The fourth-order valence-corrected chi connectivity index (χ4v) is 3.17. The Labute approximate surface area is 178 Å². The lowest BCUT2D eigenvalue weighted by Crippen LogP contribution is -2.45. The van der Waals surface area contributed by atoms with Crippen molar-refractivity contribution in [2.24, 2.45) is 4.99 Å². The molecule has 0 fully saturated rings. The Bertz CT molecular complexity index is 769. The van der Waals surface area contributed by atoms with Gasteiger partial charge in [0.1, 0.15) is 5.82 Å². The quantitative estimate of drug-likeness (QED) is 0.389. The van der Waals surface area contributed by atoms with Crippen molar-refractivity contribution in [3.63, 3.8) is 0 Å². The van der Waals surface area contributed by atoms with Gasteiger partial charge in [-0.1, -0.05) is 0 Å². The second kappa shape index (κ2) is 10.0. The van der Waals surface area contributed by atoms with Crippen LogP contribution in [-0.2, 0) is 19.4 Å². The molecule has 2 N–H and O–H groups in total. The highest BCUT2D eigenvalue weighted by atomic mass is 127. The Hall–Kier alpha value is -1.71. The number of guanidine groups is 1. The summed E-state index contributed by atoms with van der Waals surface area (Å²) in [5.41, 5.74) is 3.52. The third-order valence-corrected chi connectivity index (χ3v) is 4.54. The number of nitrogens with zero attached hydrogens (tertiary/aromatic N) is 5. The van der Waals surface area contributed by atoms with E-state index in [-0.39, 0.29) is 24.0 Å². The highest BCUT2D eigenvalue weighted by Crippen LogP contribution is 2.21. The number of aryl methyl sites for hydroxylation is 2. The maximum Gasteiger partial charge on any atom is 0.191 e. The normalized spacial score (nSPS) is 16.6. The van der Waals surface area contributed by atoms with Crippen LogP contribution in [0.4, 0.5) is 0 Å². The molecular weight excluding hydrogens is 453 g/mol. The largest absolute Gasteiger partial charge is 0.357 e. The number of fused-ring (bicyclic) bond motifs is 1. The van der Waals surface area contributed by atoms with E-state index >= 15 is 0 Å². The van der Waals surface area contributed by atoms with E-state index in [0.29, 0.717) is 18.6 Å². The lowest BCUT2D eigenvalue weighted by molar-refractivity contribution is 0.499. The Morgan fingerprint density at radius 1 is 1.41 bits per heavy atom. The Morgan fingerprint density at radius 2 is 2.22 bits per heavy atom. The van der Waals surface area contributed by atoms with Crippen molar-refractivity contribution in [2.45, 2.75) is 65.6 Å². The van der Waals surface area contributed by atoms with Crippen molar-refractivity contribution in [1.82, 2.24) is 30.4 Å². The van der Waals surface area contributed by atoms with E-state index in [1.54, 1.807) is 6.20 Å². The predicted octanol–water partition coefficient (Wildman–Crippen LogP) is 2.79. The highest BCUT2D eigenvalue weighted by molar-refractivity contribution is 14.0. The van der Waals surface area contributed by atoms with Crippen LogP contribution in [0, 0.1) is 6.92 Å². The zero-order chi connectivity index (χ0) is 18.5. The zero-order valence-corrected chi connectivity index (χ0v) is 18.9. The maximum absolute atomic E-state index is 4.76. The van der Waals surface area contributed by atoms with Crippen LogP contribution in [0.5, 0.6) is 0 Å². The minimum absolute atomic E-state index is 0. The molecule has 2 aromatic heterocycles. The van der Waals surface area contributed by atoms with Gasteiger partial charge in [-0.15, -0.1) is 24.0 Å². The van der Waals surface area contributed by atoms with Gasteiger partial charge in [-0.2, -0.15) is 5.10 Å². The van der Waals surface area contributed by atoms with Gasteiger partial charge in [0, 0.05) is 37.4 Å². The number of aromatic nitrogens is 4. The molecule has 2 heterocycles. The average Bonchev–Trinajstić information content (AvgIpc) is 3.04. The summed E-state index contributed by atoms with van der Waals surface area (Å²) >= 11 is 0. The highest BCUT2D eigenvalue weighted by Gasteiger charge is 2.23. The van der Waals surface area contributed by atoms with Gasteiger partial charge in [-0.05, 0) is 52.2 Å². The maximum atomic E-state index is 4.76. The number of hydrogen-bond donors (Lipinski definition) is 2. The summed E-state index contributed by atoms with van der Waals surface area (Å²) in [6, 6.07) is 2.66. The summed E-state index contributed by atoms with van der Waals surface area (Å²) in [5, 5.41) is 11.7. The van der Waals surface area contributed by atoms with Crippen molar-refractivity contribution in [2.75, 3.05) is 6.54 Å². The molecule has 1 unspecified atom stereocenters. The van der Waals surface area contributed by atoms with Gasteiger partial charge in [-0.25, -0.2) is 15.0 Å². The first-order chi connectivity index (χ1) is 12.5. The van der Waals surface area contributed by atoms with Gasteiger partial charge >= 0.3 is 0 Å². The smallest absolute Gasteiger partial charge is 0.191 e. The lowest BCUT2D eigenvalue weighted by atomic mass is 9.94. The van der Waals surface area contributed by atoms with Crippen LogP contribution in [0.3, 0.4) is 0 Å². The molecule has 0 aliphatic heterocycles. The van der Waals surface area contributed by atoms with Gasteiger partial charge in [0.25, 0.3) is 0 Å². The summed E-state index contributed by atoms with van der Waals surface area (Å²) < 4.78 is 2.07. The van der Waals surface area contributed by atoms with Crippen molar-refractivity contribution in [3.8, 4) is 0 Å². The van der Waals surface area contributed by atoms with E-state index in [2.05, 4.69) is 57.2 Å². The number of aliphatic imine (C=N–C) groups is 1. The number of halogens is 1. The van der Waals surface area contributed by atoms with Crippen LogP contribution >= 0.6 is 24.0 Å². The van der Waals surface area contributed by atoms with E-state index in [0.717, 1.165) is 43.3 Å². The van der Waals surface area contributed by atoms with Crippen LogP contribution < -0.4 is 10.6 Å². The molecule has 8 heteroatoms. The predicted molar refractivity (Wildman–Crippen MR) is 119 cm³/mol. The van der Waals surface area contributed by atoms with Crippen molar-refractivity contribution in [1.29, 1.82) is 0 Å². The topological polar surface area (TPSA) is 80.0 Å². The number of hydrogen-bond acceptors (Lipinski definition) is 4. The molecule has 0 saturated carbocycles. The van der Waals surface area contributed by atoms with E-state index in [1.165, 1.54) is 11.3 Å². The van der Waals surface area contributed by atoms with Gasteiger partial charge < -0.3 is 10.6 Å². The van der Waals surface area contributed by atoms with Crippen molar-refractivity contribution in [3.05, 3.63) is 41.2 Å². The van der Waals surface area contributed by atoms with Crippen LogP contribution in [-0.4, -0.2) is 38.3 Å². The van der Waals surface area contributed by atoms with Gasteiger partial charge in [0.2, 0.25) is 0 Å². The average molecular weight is 483 g/mol. The molecule has 0 spiro atoms. The van der Waals surface area contributed by atoms with E-state index in [9.17, 15) is 0 Å². The summed E-state index contributed by atoms with van der Waals surface area (Å²) in [5.74, 6) is 1.61. The molecule has 27 heavy (non-hydrogen) atoms. The molecule has 0 bridgehead atoms. The summed E-state index contributed by atoms with van der Waals surface area (Å²) in [4.78, 5) is 13.2. The van der Waals surface area contributed by atoms with Crippen molar-refractivity contribution < 1.29 is 0 Å². The fraction of sp³-hybridized carbons (Fsp3) is 0.579. The summed E-state index contributed by atoms with van der Waals surface area (Å²) in [6.45, 7) is 9.67. The van der Waals surface area contributed by atoms with Gasteiger partial charge in [-0.3, -0.25) is 4.68 Å². The number of nitrogens with one attached hydrogen (secondary N) is 2. The van der Waals surface area contributed by atoms with Crippen molar-refractivity contribution >= 4 is 29.9 Å². The first kappa shape index (κ1) is 21.6. The Morgan fingerprint density at radius 3 is 2.93 bits per heavy atom. The summed E-state index contributed by atoms with van der Waals surface area (Å²) in [7, 11) is 0. The molecule has 1 aliphatic rings.